The van der Waals surface area contributed by atoms with Crippen LogP contribution in [-0.2, 0) is 17.6 Å². The summed E-state index contributed by atoms with van der Waals surface area (Å²) in [7, 11) is 0. The Morgan fingerprint density at radius 2 is 1.72 bits per heavy atom. The summed E-state index contributed by atoms with van der Waals surface area (Å²) < 4.78 is 0. The molecular weight excluding hydrogens is 406 g/mol. The lowest BCUT2D eigenvalue weighted by Gasteiger charge is -2.09. The highest BCUT2D eigenvalue weighted by Crippen LogP contribution is 2.35. The highest BCUT2D eigenvalue weighted by atomic mass is 16.4. The van der Waals surface area contributed by atoms with E-state index in [0.717, 1.165) is 24.1 Å². The van der Waals surface area contributed by atoms with E-state index in [1.54, 1.807) is 18.2 Å². The van der Waals surface area contributed by atoms with Gasteiger partial charge in [-0.1, -0.05) is 0 Å². The van der Waals surface area contributed by atoms with Crippen molar-refractivity contribution in [2.45, 2.75) is 25.7 Å². The van der Waals surface area contributed by atoms with E-state index in [2.05, 4.69) is 21.7 Å². The Labute approximate surface area is 184 Å². The predicted octanol–water partition coefficient (Wildman–Crippen LogP) is 4.34. The van der Waals surface area contributed by atoms with Crippen molar-refractivity contribution in [1.82, 2.24) is 4.98 Å². The normalized spacial score (nSPS) is 15.8. The fourth-order valence-corrected chi connectivity index (χ4v) is 4.24. The number of aromatic amines is 1. The van der Waals surface area contributed by atoms with Gasteiger partial charge in [-0.3, -0.25) is 9.59 Å². The van der Waals surface area contributed by atoms with Crippen molar-refractivity contribution in [3.8, 4) is 0 Å². The van der Waals surface area contributed by atoms with Crippen molar-refractivity contribution in [2.75, 3.05) is 10.6 Å². The lowest BCUT2D eigenvalue weighted by Crippen LogP contribution is -2.12. The van der Waals surface area contributed by atoms with Crippen LogP contribution in [0, 0.1) is 0 Å². The molecule has 2 heterocycles. The first kappa shape index (κ1) is 19.8. The summed E-state index contributed by atoms with van der Waals surface area (Å²) >= 11 is 0. The van der Waals surface area contributed by atoms with Crippen LogP contribution in [0.4, 0.5) is 11.4 Å². The quantitative estimate of drug-likeness (QED) is 0.464. The van der Waals surface area contributed by atoms with Gasteiger partial charge in [-0.15, -0.1) is 0 Å². The molecule has 32 heavy (non-hydrogen) atoms. The van der Waals surface area contributed by atoms with Crippen molar-refractivity contribution < 1.29 is 19.5 Å². The lowest BCUT2D eigenvalue weighted by atomic mass is 9.98. The number of anilines is 2. The average Bonchev–Trinajstić information content (AvgIpc) is 3.34. The van der Waals surface area contributed by atoms with Gasteiger partial charge in [0, 0.05) is 33.9 Å². The third kappa shape index (κ3) is 3.69. The minimum absolute atomic E-state index is 0.115. The molecule has 3 aromatic rings. The van der Waals surface area contributed by atoms with Gasteiger partial charge in [0.1, 0.15) is 0 Å². The molecule has 5 rings (SSSR count). The van der Waals surface area contributed by atoms with E-state index in [-0.39, 0.29) is 17.4 Å². The number of hydrogen-bond donors (Lipinski definition) is 4. The van der Waals surface area contributed by atoms with Crippen molar-refractivity contribution in [3.05, 3.63) is 82.2 Å². The van der Waals surface area contributed by atoms with Crippen molar-refractivity contribution in [1.29, 1.82) is 0 Å². The molecule has 2 aromatic carbocycles. The standard InChI is InChI=1S/C25H21N3O4/c29-23(14-5-7-15(8-6-14)25(31)32)27-17-9-10-22-19(12-17)20(24(30)28-22)13-18-11-16-3-1-2-4-21(16)26-18/h5-13,26H,1-4H2,(H,27,29)(H,28,30)(H,31,32). The van der Waals surface area contributed by atoms with Gasteiger partial charge in [0.05, 0.1) is 11.1 Å². The molecule has 4 N–H and O–H groups in total. The maximum absolute atomic E-state index is 12.6. The number of hydrogen-bond acceptors (Lipinski definition) is 3. The van der Waals surface area contributed by atoms with Crippen LogP contribution >= 0.6 is 0 Å². The van der Waals surface area contributed by atoms with Crippen LogP contribution in [0.25, 0.3) is 11.6 Å². The number of aromatic carboxylic acids is 1. The summed E-state index contributed by atoms with van der Waals surface area (Å²) in [5.74, 6) is -1.59. The monoisotopic (exact) mass is 427 g/mol. The molecule has 0 saturated carbocycles. The number of amides is 2. The highest BCUT2D eigenvalue weighted by Gasteiger charge is 2.25. The van der Waals surface area contributed by atoms with Crippen LogP contribution in [0.3, 0.4) is 0 Å². The minimum Gasteiger partial charge on any atom is -0.478 e. The Kier molecular flexibility index (Phi) is 4.86. The molecule has 0 saturated heterocycles. The Hall–Kier alpha value is -4.13. The van der Waals surface area contributed by atoms with Crippen molar-refractivity contribution in [3.63, 3.8) is 0 Å². The lowest BCUT2D eigenvalue weighted by molar-refractivity contribution is -0.110. The van der Waals surface area contributed by atoms with Gasteiger partial charge in [0.2, 0.25) is 0 Å². The number of aromatic nitrogens is 1. The summed E-state index contributed by atoms with van der Waals surface area (Å²) in [6.45, 7) is 0. The molecule has 2 amide bonds. The Morgan fingerprint density at radius 1 is 0.969 bits per heavy atom. The second-order valence-corrected chi connectivity index (χ2v) is 8.04. The molecule has 2 aliphatic rings. The van der Waals surface area contributed by atoms with Gasteiger partial charge < -0.3 is 20.7 Å². The molecule has 0 fully saturated rings. The van der Waals surface area contributed by atoms with E-state index >= 15 is 0 Å². The smallest absolute Gasteiger partial charge is 0.335 e. The largest absolute Gasteiger partial charge is 0.478 e. The van der Waals surface area contributed by atoms with Crippen LogP contribution in [-0.4, -0.2) is 27.9 Å². The SMILES string of the molecule is O=C1Nc2ccc(NC(=O)c3ccc(C(=O)O)cc3)cc2C1=Cc1cc2c([nH]1)CCCC2. The zero-order valence-electron chi connectivity index (χ0n) is 17.2. The van der Waals surface area contributed by atoms with Crippen molar-refractivity contribution >= 4 is 40.8 Å². The number of rotatable bonds is 4. The Bertz CT molecular complexity index is 1260. The van der Waals surface area contributed by atoms with E-state index in [4.69, 9.17) is 5.11 Å². The number of carbonyl (C=O) groups is 3. The number of benzene rings is 2. The molecule has 0 unspecified atom stereocenters. The fourth-order valence-electron chi connectivity index (χ4n) is 4.24. The van der Waals surface area contributed by atoms with E-state index in [1.807, 2.05) is 6.08 Å². The summed E-state index contributed by atoms with van der Waals surface area (Å²) in [5, 5.41) is 14.7. The molecule has 7 nitrogen and oxygen atoms in total. The number of nitrogens with one attached hydrogen (secondary N) is 3. The maximum Gasteiger partial charge on any atom is 0.335 e. The molecule has 0 atom stereocenters. The fraction of sp³-hybridized carbons (Fsp3) is 0.160. The molecule has 1 aliphatic carbocycles. The predicted molar refractivity (Wildman–Crippen MR) is 122 cm³/mol. The van der Waals surface area contributed by atoms with Crippen LogP contribution in [0.2, 0.25) is 0 Å². The Morgan fingerprint density at radius 3 is 2.47 bits per heavy atom. The average molecular weight is 427 g/mol. The van der Waals surface area contributed by atoms with Gasteiger partial charge in [-0.2, -0.15) is 0 Å². The van der Waals surface area contributed by atoms with E-state index in [9.17, 15) is 14.4 Å². The highest BCUT2D eigenvalue weighted by molar-refractivity contribution is 6.35. The second-order valence-electron chi connectivity index (χ2n) is 8.04. The third-order valence-corrected chi connectivity index (χ3v) is 5.89. The molecular formula is C25H21N3O4. The van der Waals surface area contributed by atoms with E-state index < -0.39 is 5.97 Å². The molecule has 0 bridgehead atoms. The summed E-state index contributed by atoms with van der Waals surface area (Å²) in [6, 6.07) is 13.1. The Balaban J connectivity index is 1.40. The topological polar surface area (TPSA) is 111 Å². The first-order valence-electron chi connectivity index (χ1n) is 10.5. The van der Waals surface area contributed by atoms with Crippen LogP contribution < -0.4 is 10.6 Å². The first-order chi connectivity index (χ1) is 15.5. The van der Waals surface area contributed by atoms with Crippen molar-refractivity contribution in [2.24, 2.45) is 0 Å². The zero-order valence-corrected chi connectivity index (χ0v) is 17.2. The summed E-state index contributed by atoms with van der Waals surface area (Å²) in [5.41, 5.74) is 6.44. The number of aryl methyl sites for hydroxylation is 2. The number of carboxylic acid groups (broad SMARTS) is 1. The molecule has 160 valence electrons. The van der Waals surface area contributed by atoms with Gasteiger partial charge in [-0.25, -0.2) is 4.79 Å². The molecule has 0 radical (unpaired) electrons. The van der Waals surface area contributed by atoms with Gasteiger partial charge in [0.15, 0.2) is 0 Å². The summed E-state index contributed by atoms with van der Waals surface area (Å²) in [6.07, 6.45) is 6.31. The summed E-state index contributed by atoms with van der Waals surface area (Å²) in [4.78, 5) is 39.6. The van der Waals surface area contributed by atoms with Crippen LogP contribution in [0.5, 0.6) is 0 Å². The van der Waals surface area contributed by atoms with Gasteiger partial charge in [0.25, 0.3) is 11.8 Å². The molecule has 1 aliphatic heterocycles. The first-order valence-corrected chi connectivity index (χ1v) is 10.5. The molecule has 1 aromatic heterocycles. The molecule has 0 spiro atoms. The molecule has 7 heteroatoms. The number of carboxylic acids is 1. The van der Waals surface area contributed by atoms with Crippen LogP contribution in [0.1, 0.15) is 56.1 Å². The minimum atomic E-state index is -1.05. The van der Waals surface area contributed by atoms with Gasteiger partial charge >= 0.3 is 5.97 Å². The number of fused-ring (bicyclic) bond motifs is 2. The van der Waals surface area contributed by atoms with Gasteiger partial charge in [-0.05, 0) is 85.9 Å². The third-order valence-electron chi connectivity index (χ3n) is 5.89. The van der Waals surface area contributed by atoms with E-state index in [1.165, 1.54) is 48.4 Å². The number of H-pyrrole nitrogens is 1. The van der Waals surface area contributed by atoms with Crippen LogP contribution in [0.15, 0.2) is 48.5 Å². The zero-order chi connectivity index (χ0) is 22.2. The maximum atomic E-state index is 12.6. The number of carbonyl (C=O) groups excluding carboxylic acids is 2. The second kappa shape index (κ2) is 7.85. The van der Waals surface area contributed by atoms with E-state index in [0.29, 0.717) is 22.5 Å².